The Morgan fingerprint density at radius 3 is 2.25 bits per heavy atom. The van der Waals surface area contributed by atoms with Gasteiger partial charge in [-0.2, -0.15) is 0 Å². The number of methoxy groups -OCH3 is 1. The van der Waals surface area contributed by atoms with E-state index in [1.54, 1.807) is 54.0 Å². The van der Waals surface area contributed by atoms with Gasteiger partial charge in [0.1, 0.15) is 22.7 Å². The fourth-order valence-corrected chi connectivity index (χ4v) is 7.64. The van der Waals surface area contributed by atoms with E-state index in [1.165, 1.54) is 11.7 Å². The maximum Gasteiger partial charge on any atom is 0.418 e. The van der Waals surface area contributed by atoms with Crippen LogP contribution in [0.15, 0.2) is 30.5 Å². The lowest BCUT2D eigenvalue weighted by molar-refractivity contribution is -0.142. The third kappa shape index (κ3) is 9.91. The average Bonchev–Trinajstić information content (AvgIpc) is 3.35. The largest absolute Gasteiger partial charge is 0.480 e. The Morgan fingerprint density at radius 1 is 1.00 bits per heavy atom. The number of fused-ring (bicyclic) bond motifs is 1. The number of aliphatic carboxylic acids is 1. The molecule has 0 unspecified atom stereocenters. The number of carboxylic acids is 1. The number of nitrogens with zero attached hydrogens (tertiary/aromatic N) is 1. The summed E-state index contributed by atoms with van der Waals surface area (Å²) < 4.78 is 5.92. The first kappa shape index (κ1) is 35.3. The summed E-state index contributed by atoms with van der Waals surface area (Å²) in [5.74, 6) is -0.889. The summed E-state index contributed by atoms with van der Waals surface area (Å²) in [6, 6.07) is 3.85. The van der Waals surface area contributed by atoms with E-state index >= 15 is 0 Å². The van der Waals surface area contributed by atoms with Crippen LogP contribution in [-0.2, 0) is 30.3 Å². The number of aromatic nitrogens is 1. The SMILES string of the molecule is CCCC[C@@H](NC(=O)[C@@H](Cc1cn(C(=O)OC)c2ccccc12)NC(=O)[C@H](CC(C)(C)C)NC(=O)C1SCCCS1)C(=O)O. The van der Waals surface area contributed by atoms with Gasteiger partial charge in [-0.1, -0.05) is 58.7 Å². The van der Waals surface area contributed by atoms with Crippen molar-refractivity contribution in [1.29, 1.82) is 0 Å². The molecule has 242 valence electrons. The standard InChI is InChI=1S/C31H44N4O7S2/c1-6-7-12-21(28(39)40)32-25(36)22(16-19-18-35(30(41)42-5)24-13-9-8-11-20(19)24)33-26(37)23(17-31(2,3)4)34-27(38)29-43-14-10-15-44-29/h8-9,11,13,18,21-23,29H,6-7,10,12,14-17H2,1-5H3,(H,32,36)(H,33,37)(H,34,38)(H,39,40)/t21-,22-,23+/m1/s1. The van der Waals surface area contributed by atoms with Crippen LogP contribution < -0.4 is 16.0 Å². The van der Waals surface area contributed by atoms with Gasteiger partial charge in [0.05, 0.1) is 12.6 Å². The topological polar surface area (TPSA) is 156 Å². The van der Waals surface area contributed by atoms with Crippen molar-refractivity contribution in [3.05, 3.63) is 36.0 Å². The van der Waals surface area contributed by atoms with Crippen LogP contribution in [0.3, 0.4) is 0 Å². The normalized spacial score (nSPS) is 16.0. The van der Waals surface area contributed by atoms with Crippen LogP contribution in [0, 0.1) is 5.41 Å². The van der Waals surface area contributed by atoms with Gasteiger partial charge in [-0.3, -0.25) is 19.0 Å². The van der Waals surface area contributed by atoms with Crippen LogP contribution in [-0.4, -0.2) is 80.8 Å². The first-order chi connectivity index (χ1) is 20.8. The highest BCUT2D eigenvalue weighted by Gasteiger charge is 2.34. The highest BCUT2D eigenvalue weighted by Crippen LogP contribution is 2.31. The Bertz CT molecular complexity index is 1330. The number of hydrogen-bond acceptors (Lipinski definition) is 8. The van der Waals surface area contributed by atoms with Gasteiger partial charge in [-0.25, -0.2) is 9.59 Å². The zero-order valence-corrected chi connectivity index (χ0v) is 27.6. The van der Waals surface area contributed by atoms with E-state index in [0.717, 1.165) is 24.3 Å². The molecule has 3 amide bonds. The first-order valence-electron chi connectivity index (χ1n) is 14.9. The number of carbonyl (C=O) groups is 5. The molecular weight excluding hydrogens is 604 g/mol. The Morgan fingerprint density at radius 2 is 1.64 bits per heavy atom. The van der Waals surface area contributed by atoms with Crippen LogP contribution >= 0.6 is 23.5 Å². The van der Waals surface area contributed by atoms with E-state index in [2.05, 4.69) is 16.0 Å². The van der Waals surface area contributed by atoms with Crippen LogP contribution in [0.4, 0.5) is 4.79 Å². The number of thioether (sulfide) groups is 2. The molecule has 0 aliphatic carbocycles. The Balaban J connectivity index is 1.94. The molecule has 1 aliphatic rings. The summed E-state index contributed by atoms with van der Waals surface area (Å²) in [7, 11) is 1.27. The van der Waals surface area contributed by atoms with Gasteiger partial charge in [0, 0.05) is 18.0 Å². The number of benzene rings is 1. The van der Waals surface area contributed by atoms with Gasteiger partial charge >= 0.3 is 12.1 Å². The zero-order valence-electron chi connectivity index (χ0n) is 26.0. The molecule has 0 bridgehead atoms. The second kappa shape index (κ2) is 16.2. The van der Waals surface area contributed by atoms with Crippen molar-refractivity contribution in [2.75, 3.05) is 18.6 Å². The summed E-state index contributed by atoms with van der Waals surface area (Å²) >= 11 is 3.09. The second-order valence-corrected chi connectivity index (χ2v) is 14.8. The molecule has 1 fully saturated rings. The van der Waals surface area contributed by atoms with Crippen molar-refractivity contribution in [3.8, 4) is 0 Å². The van der Waals surface area contributed by atoms with Crippen molar-refractivity contribution >= 4 is 64.2 Å². The summed E-state index contributed by atoms with van der Waals surface area (Å²) in [6.07, 6.45) is 3.82. The predicted molar refractivity (Wildman–Crippen MR) is 174 cm³/mol. The lowest BCUT2D eigenvalue weighted by Gasteiger charge is -2.30. The van der Waals surface area contributed by atoms with E-state index in [4.69, 9.17) is 4.74 Å². The van der Waals surface area contributed by atoms with Crippen LogP contribution in [0.1, 0.15) is 65.4 Å². The molecule has 11 nitrogen and oxygen atoms in total. The minimum atomic E-state index is -1.19. The first-order valence-corrected chi connectivity index (χ1v) is 17.0. The van der Waals surface area contributed by atoms with Gasteiger partial charge in [0.15, 0.2) is 0 Å². The fourth-order valence-electron chi connectivity index (χ4n) is 5.00. The molecule has 3 rings (SSSR count). The molecule has 2 heterocycles. The Kier molecular flexibility index (Phi) is 13.0. The summed E-state index contributed by atoms with van der Waals surface area (Å²) in [4.78, 5) is 65.1. The van der Waals surface area contributed by atoms with Gasteiger partial charge in [-0.15, -0.1) is 23.5 Å². The minimum absolute atomic E-state index is 0.0350. The summed E-state index contributed by atoms with van der Waals surface area (Å²) in [5, 5.41) is 18.8. The molecule has 1 aromatic heterocycles. The molecular formula is C31H44N4O7S2. The number of para-hydroxylation sites is 1. The van der Waals surface area contributed by atoms with Crippen molar-refractivity contribution in [1.82, 2.24) is 20.5 Å². The number of hydrogen-bond donors (Lipinski definition) is 4. The van der Waals surface area contributed by atoms with Gasteiger partial charge in [-0.05, 0) is 47.8 Å². The number of carboxylic acid groups (broad SMARTS) is 1. The maximum atomic E-state index is 13.8. The average molecular weight is 649 g/mol. The van der Waals surface area contributed by atoms with Crippen LogP contribution in [0.25, 0.3) is 10.9 Å². The quantitative estimate of drug-likeness (QED) is 0.251. The van der Waals surface area contributed by atoms with Crippen LogP contribution in [0.5, 0.6) is 0 Å². The van der Waals surface area contributed by atoms with E-state index in [1.807, 2.05) is 27.7 Å². The van der Waals surface area contributed by atoms with Crippen LogP contribution in [0.2, 0.25) is 0 Å². The molecule has 1 saturated heterocycles. The van der Waals surface area contributed by atoms with E-state index in [-0.39, 0.29) is 28.7 Å². The lowest BCUT2D eigenvalue weighted by Crippen LogP contribution is -2.57. The molecule has 0 saturated carbocycles. The van der Waals surface area contributed by atoms with Gasteiger partial charge in [0.25, 0.3) is 0 Å². The monoisotopic (exact) mass is 648 g/mol. The molecule has 0 radical (unpaired) electrons. The van der Waals surface area contributed by atoms with Crippen molar-refractivity contribution in [3.63, 3.8) is 0 Å². The molecule has 2 aromatic rings. The highest BCUT2D eigenvalue weighted by atomic mass is 32.2. The smallest absolute Gasteiger partial charge is 0.418 e. The van der Waals surface area contributed by atoms with E-state index in [0.29, 0.717) is 29.3 Å². The minimum Gasteiger partial charge on any atom is -0.480 e. The molecule has 0 spiro atoms. The predicted octanol–water partition coefficient (Wildman–Crippen LogP) is 4.16. The second-order valence-electron chi connectivity index (χ2n) is 12.1. The molecule has 13 heteroatoms. The molecule has 1 aliphatic heterocycles. The molecule has 4 N–H and O–H groups in total. The third-order valence-electron chi connectivity index (χ3n) is 7.17. The van der Waals surface area contributed by atoms with E-state index in [9.17, 15) is 29.1 Å². The number of amides is 3. The van der Waals surface area contributed by atoms with Crippen molar-refractivity contribution < 1.29 is 33.8 Å². The molecule has 44 heavy (non-hydrogen) atoms. The van der Waals surface area contributed by atoms with E-state index < -0.39 is 42.0 Å². The highest BCUT2D eigenvalue weighted by molar-refractivity contribution is 8.18. The molecule has 1 aromatic carbocycles. The molecule has 3 atom stereocenters. The summed E-state index contributed by atoms with van der Waals surface area (Å²) in [6.45, 7) is 7.80. The number of unbranched alkanes of at least 4 members (excludes halogenated alkanes) is 1. The van der Waals surface area contributed by atoms with Gasteiger partial charge in [0.2, 0.25) is 17.7 Å². The maximum absolute atomic E-state index is 13.8. The van der Waals surface area contributed by atoms with Crippen molar-refractivity contribution in [2.24, 2.45) is 5.41 Å². The number of nitrogens with one attached hydrogen (secondary N) is 3. The van der Waals surface area contributed by atoms with Crippen molar-refractivity contribution in [2.45, 2.75) is 88.9 Å². The Hall–Kier alpha value is -3.19. The van der Waals surface area contributed by atoms with Gasteiger partial charge < -0.3 is 25.8 Å². The zero-order chi connectivity index (χ0) is 32.4. The number of carbonyl (C=O) groups excluding carboxylic acids is 4. The Labute approximate surface area is 267 Å². The number of ether oxygens (including phenoxy) is 1. The fraction of sp³-hybridized carbons (Fsp3) is 0.581. The summed E-state index contributed by atoms with van der Waals surface area (Å²) in [5.41, 5.74) is 0.812. The third-order valence-corrected chi connectivity index (χ3v) is 10.1. The lowest BCUT2D eigenvalue weighted by atomic mass is 9.87. The number of rotatable bonds is 13.